The summed E-state index contributed by atoms with van der Waals surface area (Å²) in [5, 5.41) is 9.64. The van der Waals surface area contributed by atoms with Crippen LogP contribution in [0.1, 0.15) is 42.0 Å². The van der Waals surface area contributed by atoms with Crippen molar-refractivity contribution in [2.24, 2.45) is 5.41 Å². The molecule has 0 heterocycles. The van der Waals surface area contributed by atoms with Crippen LogP contribution in [0.2, 0.25) is 0 Å². The molecule has 1 aliphatic rings. The molecule has 0 unspecified atom stereocenters. The van der Waals surface area contributed by atoms with Crippen LogP contribution in [0.4, 0.5) is 0 Å². The molecule has 0 amide bonds. The van der Waals surface area contributed by atoms with Gasteiger partial charge < -0.3 is 5.11 Å². The first-order valence-electron chi connectivity index (χ1n) is 6.91. The Morgan fingerprint density at radius 3 is 1.90 bits per heavy atom. The summed E-state index contributed by atoms with van der Waals surface area (Å²) in [6.45, 7) is 3.64. The van der Waals surface area contributed by atoms with E-state index in [2.05, 4.69) is 24.3 Å². The predicted octanol–water partition coefficient (Wildman–Crippen LogP) is 3.83. The lowest BCUT2D eigenvalue weighted by Crippen LogP contribution is -2.34. The normalized spacial score (nSPS) is 14.5. The molecule has 0 saturated heterocycles. The topological polar surface area (TPSA) is 37.3 Å². The van der Waals surface area contributed by atoms with Crippen molar-refractivity contribution >= 4 is 5.97 Å². The van der Waals surface area contributed by atoms with E-state index in [1.54, 1.807) is 0 Å². The standard InChI is InChI=1S/C18H18O2/c1-18(2,17(19)20)16-14-9-5-3-7-12(14)11-13-8-4-6-10-15(13)16/h3-10,16H,11H2,1-2H3,(H,19,20). The number of carbonyl (C=O) groups is 1. The zero-order valence-electron chi connectivity index (χ0n) is 11.8. The highest BCUT2D eigenvalue weighted by atomic mass is 16.4. The molecule has 1 aliphatic carbocycles. The highest BCUT2D eigenvalue weighted by Crippen LogP contribution is 2.46. The Morgan fingerprint density at radius 2 is 1.45 bits per heavy atom. The average Bonchev–Trinajstić information content (AvgIpc) is 2.44. The molecule has 0 bridgehead atoms. The van der Waals surface area contributed by atoms with Crippen LogP contribution in [0.15, 0.2) is 48.5 Å². The van der Waals surface area contributed by atoms with Crippen LogP contribution < -0.4 is 0 Å². The highest BCUT2D eigenvalue weighted by molar-refractivity contribution is 5.77. The van der Waals surface area contributed by atoms with Crippen molar-refractivity contribution in [3.8, 4) is 0 Å². The Morgan fingerprint density at radius 1 is 1.00 bits per heavy atom. The van der Waals surface area contributed by atoms with Crippen LogP contribution in [0.3, 0.4) is 0 Å². The van der Waals surface area contributed by atoms with Crippen molar-refractivity contribution < 1.29 is 9.90 Å². The SMILES string of the molecule is CC(C)(C(=O)O)C1c2ccccc2Cc2ccccc21. The van der Waals surface area contributed by atoms with Crippen molar-refractivity contribution in [3.63, 3.8) is 0 Å². The average molecular weight is 266 g/mol. The minimum Gasteiger partial charge on any atom is -0.481 e. The van der Waals surface area contributed by atoms with Gasteiger partial charge in [0, 0.05) is 5.92 Å². The van der Waals surface area contributed by atoms with Gasteiger partial charge in [0.2, 0.25) is 0 Å². The number of fused-ring (bicyclic) bond motifs is 2. The molecule has 2 heteroatoms. The summed E-state index contributed by atoms with van der Waals surface area (Å²) >= 11 is 0. The van der Waals surface area contributed by atoms with Gasteiger partial charge in [0.15, 0.2) is 0 Å². The summed E-state index contributed by atoms with van der Waals surface area (Å²) in [4.78, 5) is 11.7. The van der Waals surface area contributed by atoms with E-state index in [1.165, 1.54) is 11.1 Å². The monoisotopic (exact) mass is 266 g/mol. The van der Waals surface area contributed by atoms with Gasteiger partial charge in [-0.25, -0.2) is 0 Å². The fraction of sp³-hybridized carbons (Fsp3) is 0.278. The zero-order chi connectivity index (χ0) is 14.3. The maximum Gasteiger partial charge on any atom is 0.310 e. The molecular formula is C18H18O2. The molecule has 0 aliphatic heterocycles. The number of carboxylic acid groups (broad SMARTS) is 1. The second kappa shape index (κ2) is 4.48. The quantitative estimate of drug-likeness (QED) is 0.896. The summed E-state index contributed by atoms with van der Waals surface area (Å²) in [6.07, 6.45) is 0.887. The fourth-order valence-electron chi connectivity index (χ4n) is 3.23. The first kappa shape index (κ1) is 12.9. The van der Waals surface area contributed by atoms with E-state index in [0.717, 1.165) is 17.5 Å². The molecule has 0 aromatic heterocycles. The molecule has 2 aromatic rings. The summed E-state index contributed by atoms with van der Waals surface area (Å²) in [6, 6.07) is 16.4. The van der Waals surface area contributed by atoms with Crippen LogP contribution in [-0.2, 0) is 11.2 Å². The Balaban J connectivity index is 2.25. The Kier molecular flexibility index (Phi) is 2.89. The van der Waals surface area contributed by atoms with Gasteiger partial charge >= 0.3 is 5.97 Å². The molecule has 102 valence electrons. The minimum absolute atomic E-state index is 0.0962. The van der Waals surface area contributed by atoms with Crippen molar-refractivity contribution in [1.29, 1.82) is 0 Å². The molecule has 0 atom stereocenters. The second-order valence-electron chi connectivity index (χ2n) is 6.03. The van der Waals surface area contributed by atoms with Crippen LogP contribution in [0, 0.1) is 5.41 Å². The number of carboxylic acids is 1. The Hall–Kier alpha value is -2.09. The zero-order valence-corrected chi connectivity index (χ0v) is 11.8. The van der Waals surface area contributed by atoms with Gasteiger partial charge in [0.1, 0.15) is 0 Å². The molecule has 0 saturated carbocycles. The summed E-state index contributed by atoms with van der Waals surface area (Å²) in [5.41, 5.74) is 3.96. The molecule has 2 aromatic carbocycles. The fourth-order valence-corrected chi connectivity index (χ4v) is 3.23. The molecule has 0 radical (unpaired) electrons. The largest absolute Gasteiger partial charge is 0.481 e. The maximum absolute atomic E-state index is 11.7. The number of aliphatic carboxylic acids is 1. The highest BCUT2D eigenvalue weighted by Gasteiger charge is 2.42. The van der Waals surface area contributed by atoms with Crippen LogP contribution in [0.25, 0.3) is 0 Å². The van der Waals surface area contributed by atoms with Gasteiger partial charge in [0.05, 0.1) is 5.41 Å². The number of benzene rings is 2. The molecule has 0 fully saturated rings. The first-order valence-corrected chi connectivity index (χ1v) is 6.91. The predicted molar refractivity (Wildman–Crippen MR) is 78.9 cm³/mol. The van der Waals surface area contributed by atoms with E-state index < -0.39 is 11.4 Å². The molecule has 1 N–H and O–H groups in total. The van der Waals surface area contributed by atoms with Gasteiger partial charge in [-0.05, 0) is 42.5 Å². The van der Waals surface area contributed by atoms with Crippen molar-refractivity contribution in [2.75, 3.05) is 0 Å². The van der Waals surface area contributed by atoms with Crippen molar-refractivity contribution in [1.82, 2.24) is 0 Å². The van der Waals surface area contributed by atoms with Gasteiger partial charge in [-0.2, -0.15) is 0 Å². The third-order valence-corrected chi connectivity index (χ3v) is 4.39. The third-order valence-electron chi connectivity index (χ3n) is 4.39. The van der Waals surface area contributed by atoms with Gasteiger partial charge in [0.25, 0.3) is 0 Å². The van der Waals surface area contributed by atoms with E-state index in [4.69, 9.17) is 0 Å². The second-order valence-corrected chi connectivity index (χ2v) is 6.03. The van der Waals surface area contributed by atoms with E-state index in [0.29, 0.717) is 0 Å². The van der Waals surface area contributed by atoms with Crippen LogP contribution in [0.5, 0.6) is 0 Å². The van der Waals surface area contributed by atoms with Gasteiger partial charge in [-0.3, -0.25) is 4.79 Å². The van der Waals surface area contributed by atoms with E-state index >= 15 is 0 Å². The van der Waals surface area contributed by atoms with E-state index in [9.17, 15) is 9.90 Å². The summed E-state index contributed by atoms with van der Waals surface area (Å²) in [7, 11) is 0. The van der Waals surface area contributed by atoms with Crippen LogP contribution >= 0.6 is 0 Å². The molecule has 20 heavy (non-hydrogen) atoms. The summed E-state index contributed by atoms with van der Waals surface area (Å²) < 4.78 is 0. The van der Waals surface area contributed by atoms with Gasteiger partial charge in [-0.1, -0.05) is 48.5 Å². The third kappa shape index (κ3) is 1.83. The summed E-state index contributed by atoms with van der Waals surface area (Å²) in [5.74, 6) is -0.852. The Labute approximate surface area is 119 Å². The maximum atomic E-state index is 11.7. The lowest BCUT2D eigenvalue weighted by Gasteiger charge is -2.37. The first-order chi connectivity index (χ1) is 9.51. The van der Waals surface area contributed by atoms with Gasteiger partial charge in [-0.15, -0.1) is 0 Å². The van der Waals surface area contributed by atoms with E-state index in [1.807, 2.05) is 38.1 Å². The molecule has 2 nitrogen and oxygen atoms in total. The van der Waals surface area contributed by atoms with Crippen molar-refractivity contribution in [2.45, 2.75) is 26.2 Å². The minimum atomic E-state index is -0.827. The Bertz CT molecular complexity index is 625. The lowest BCUT2D eigenvalue weighted by atomic mass is 9.66. The molecular weight excluding hydrogens is 248 g/mol. The smallest absolute Gasteiger partial charge is 0.310 e. The lowest BCUT2D eigenvalue weighted by molar-refractivity contribution is -0.147. The number of hydrogen-bond acceptors (Lipinski definition) is 1. The molecule has 0 spiro atoms. The number of rotatable bonds is 2. The molecule has 3 rings (SSSR count). The van der Waals surface area contributed by atoms with Crippen molar-refractivity contribution in [3.05, 3.63) is 70.8 Å². The van der Waals surface area contributed by atoms with Crippen LogP contribution in [-0.4, -0.2) is 11.1 Å². The van der Waals surface area contributed by atoms with E-state index in [-0.39, 0.29) is 5.92 Å². The number of hydrogen-bond donors (Lipinski definition) is 1.